The van der Waals surface area contributed by atoms with Gasteiger partial charge in [-0.2, -0.15) is 0 Å². The zero-order chi connectivity index (χ0) is 16.2. The Morgan fingerprint density at radius 3 is 2.78 bits per heavy atom. The maximum atomic E-state index is 13.8. The molecular formula is C17H13ClFNO2S. The van der Waals surface area contributed by atoms with Crippen molar-refractivity contribution in [2.24, 2.45) is 0 Å². The molecule has 1 amide bonds. The predicted octanol–water partition coefficient (Wildman–Crippen LogP) is 4.70. The second-order valence-electron chi connectivity index (χ2n) is 4.89. The monoisotopic (exact) mass is 349 g/mol. The van der Waals surface area contributed by atoms with Gasteiger partial charge >= 0.3 is 0 Å². The average Bonchev–Trinajstić information content (AvgIpc) is 3.21. The molecule has 118 valence electrons. The number of carbonyl (C=O) groups excluding carboxylic acids is 1. The Morgan fingerprint density at radius 2 is 2.13 bits per heavy atom. The maximum absolute atomic E-state index is 13.8. The Balaban J connectivity index is 1.78. The SMILES string of the molecule is O=C(NC[C@H](c1ccco1)c1cccs1)c1c(F)cccc1Cl. The summed E-state index contributed by atoms with van der Waals surface area (Å²) in [5.74, 6) is -0.561. The highest BCUT2D eigenvalue weighted by atomic mass is 35.5. The first-order chi connectivity index (χ1) is 11.2. The third kappa shape index (κ3) is 3.46. The van der Waals surface area contributed by atoms with Crippen LogP contribution in [0.4, 0.5) is 4.39 Å². The van der Waals surface area contributed by atoms with Crippen LogP contribution in [-0.4, -0.2) is 12.5 Å². The van der Waals surface area contributed by atoms with Gasteiger partial charge in [0.05, 0.1) is 22.8 Å². The van der Waals surface area contributed by atoms with E-state index in [0.717, 1.165) is 10.6 Å². The topological polar surface area (TPSA) is 42.2 Å². The number of hydrogen-bond donors (Lipinski definition) is 1. The van der Waals surface area contributed by atoms with E-state index < -0.39 is 11.7 Å². The zero-order valence-corrected chi connectivity index (χ0v) is 13.5. The lowest BCUT2D eigenvalue weighted by atomic mass is 10.0. The number of furan rings is 1. The highest BCUT2D eigenvalue weighted by Crippen LogP contribution is 2.28. The molecule has 0 unspecified atom stereocenters. The van der Waals surface area contributed by atoms with Crippen LogP contribution in [0.2, 0.25) is 5.02 Å². The van der Waals surface area contributed by atoms with Gasteiger partial charge in [-0.15, -0.1) is 11.3 Å². The fraction of sp³-hybridized carbons (Fsp3) is 0.118. The first kappa shape index (κ1) is 15.8. The van der Waals surface area contributed by atoms with E-state index in [1.807, 2.05) is 23.6 Å². The quantitative estimate of drug-likeness (QED) is 0.725. The normalized spacial score (nSPS) is 12.1. The highest BCUT2D eigenvalue weighted by Gasteiger charge is 2.21. The lowest BCUT2D eigenvalue weighted by molar-refractivity contribution is 0.0948. The molecular weight excluding hydrogens is 337 g/mol. The molecule has 3 rings (SSSR count). The third-order valence-electron chi connectivity index (χ3n) is 3.43. The van der Waals surface area contributed by atoms with Crippen molar-refractivity contribution < 1.29 is 13.6 Å². The standard InChI is InChI=1S/C17H13ClFNO2S/c18-12-4-1-5-13(19)16(12)17(21)20-10-11(14-6-2-8-22-14)15-7-3-9-23-15/h1-9,11H,10H2,(H,20,21)/t11-/m1/s1. The lowest BCUT2D eigenvalue weighted by Crippen LogP contribution is -2.29. The molecule has 1 N–H and O–H groups in total. The zero-order valence-electron chi connectivity index (χ0n) is 12.0. The Hall–Kier alpha value is -2.11. The molecule has 1 aromatic carbocycles. The predicted molar refractivity (Wildman–Crippen MR) is 88.6 cm³/mol. The first-order valence-electron chi connectivity index (χ1n) is 6.96. The Kier molecular flexibility index (Phi) is 4.79. The van der Waals surface area contributed by atoms with Gasteiger partial charge in [0.2, 0.25) is 0 Å². The van der Waals surface area contributed by atoms with Crippen LogP contribution in [0.1, 0.15) is 26.9 Å². The third-order valence-corrected chi connectivity index (χ3v) is 4.73. The number of rotatable bonds is 5. The summed E-state index contributed by atoms with van der Waals surface area (Å²) in [6, 6.07) is 11.7. The van der Waals surface area contributed by atoms with Gasteiger partial charge in [0.1, 0.15) is 11.6 Å². The fourth-order valence-electron chi connectivity index (χ4n) is 2.32. The Labute approximate surface area is 141 Å². The molecule has 0 aliphatic heterocycles. The van der Waals surface area contributed by atoms with Crippen molar-refractivity contribution in [1.82, 2.24) is 5.32 Å². The molecule has 0 aliphatic rings. The van der Waals surface area contributed by atoms with Gasteiger partial charge in [-0.3, -0.25) is 4.79 Å². The van der Waals surface area contributed by atoms with Crippen LogP contribution >= 0.6 is 22.9 Å². The van der Waals surface area contributed by atoms with Crippen molar-refractivity contribution in [2.45, 2.75) is 5.92 Å². The second kappa shape index (κ2) is 6.98. The van der Waals surface area contributed by atoms with Crippen molar-refractivity contribution in [3.8, 4) is 0 Å². The molecule has 0 aliphatic carbocycles. The summed E-state index contributed by atoms with van der Waals surface area (Å²) in [7, 11) is 0. The van der Waals surface area contributed by atoms with E-state index in [1.165, 1.54) is 18.2 Å². The van der Waals surface area contributed by atoms with E-state index in [4.69, 9.17) is 16.0 Å². The molecule has 0 saturated heterocycles. The van der Waals surface area contributed by atoms with Crippen molar-refractivity contribution in [3.05, 3.63) is 81.1 Å². The summed E-state index contributed by atoms with van der Waals surface area (Å²) >= 11 is 7.49. The van der Waals surface area contributed by atoms with Crippen LogP contribution in [0.15, 0.2) is 58.5 Å². The van der Waals surface area contributed by atoms with Crippen LogP contribution in [0.5, 0.6) is 0 Å². The molecule has 0 spiro atoms. The molecule has 2 aromatic heterocycles. The second-order valence-corrected chi connectivity index (χ2v) is 6.28. The minimum Gasteiger partial charge on any atom is -0.469 e. The number of carbonyl (C=O) groups is 1. The summed E-state index contributed by atoms with van der Waals surface area (Å²) in [5, 5.41) is 4.79. The number of hydrogen-bond acceptors (Lipinski definition) is 3. The number of nitrogens with one attached hydrogen (secondary N) is 1. The van der Waals surface area contributed by atoms with Crippen molar-refractivity contribution >= 4 is 28.8 Å². The fourth-order valence-corrected chi connectivity index (χ4v) is 3.40. The van der Waals surface area contributed by atoms with Crippen LogP contribution in [0.3, 0.4) is 0 Å². The maximum Gasteiger partial charge on any atom is 0.255 e. The number of thiophene rings is 1. The Bertz CT molecular complexity index is 733. The van der Waals surface area contributed by atoms with Gasteiger partial charge in [-0.25, -0.2) is 4.39 Å². The van der Waals surface area contributed by atoms with E-state index in [9.17, 15) is 9.18 Å². The van der Waals surface area contributed by atoms with E-state index in [0.29, 0.717) is 0 Å². The first-order valence-corrected chi connectivity index (χ1v) is 8.21. The van der Waals surface area contributed by atoms with Crippen molar-refractivity contribution in [2.75, 3.05) is 6.54 Å². The minimum atomic E-state index is -0.638. The summed E-state index contributed by atoms with van der Waals surface area (Å²) < 4.78 is 19.3. The van der Waals surface area contributed by atoms with Crippen molar-refractivity contribution in [1.29, 1.82) is 0 Å². The highest BCUT2D eigenvalue weighted by molar-refractivity contribution is 7.10. The van der Waals surface area contributed by atoms with Crippen LogP contribution in [-0.2, 0) is 0 Å². The average molecular weight is 350 g/mol. The summed E-state index contributed by atoms with van der Waals surface area (Å²) in [5.41, 5.74) is -0.140. The summed E-state index contributed by atoms with van der Waals surface area (Å²) in [4.78, 5) is 13.3. The minimum absolute atomic E-state index is 0.0909. The van der Waals surface area contributed by atoms with Gasteiger partial charge in [-0.05, 0) is 35.7 Å². The molecule has 3 nitrogen and oxygen atoms in total. The van der Waals surface area contributed by atoms with Gasteiger partial charge < -0.3 is 9.73 Å². The van der Waals surface area contributed by atoms with E-state index in [1.54, 1.807) is 23.7 Å². The molecule has 1 atom stereocenters. The summed E-state index contributed by atoms with van der Waals surface area (Å²) in [6.45, 7) is 0.289. The van der Waals surface area contributed by atoms with E-state index in [2.05, 4.69) is 5.32 Å². The number of halogens is 2. The lowest BCUT2D eigenvalue weighted by Gasteiger charge is -2.15. The Morgan fingerprint density at radius 1 is 1.26 bits per heavy atom. The molecule has 3 aromatic rings. The molecule has 6 heteroatoms. The van der Waals surface area contributed by atoms with E-state index >= 15 is 0 Å². The van der Waals surface area contributed by atoms with Crippen molar-refractivity contribution in [3.63, 3.8) is 0 Å². The molecule has 2 heterocycles. The number of benzene rings is 1. The van der Waals surface area contributed by atoms with Gasteiger partial charge in [-0.1, -0.05) is 23.7 Å². The largest absolute Gasteiger partial charge is 0.469 e. The smallest absolute Gasteiger partial charge is 0.255 e. The van der Waals surface area contributed by atoms with E-state index in [-0.39, 0.29) is 23.0 Å². The number of amides is 1. The molecule has 0 saturated carbocycles. The van der Waals surface area contributed by atoms with Gasteiger partial charge in [0.25, 0.3) is 5.91 Å². The van der Waals surface area contributed by atoms with Crippen LogP contribution < -0.4 is 5.32 Å². The molecule has 0 fully saturated rings. The van der Waals surface area contributed by atoms with Crippen LogP contribution in [0.25, 0.3) is 0 Å². The van der Waals surface area contributed by atoms with Crippen LogP contribution in [0, 0.1) is 5.82 Å². The van der Waals surface area contributed by atoms with Gasteiger partial charge in [0, 0.05) is 11.4 Å². The molecule has 23 heavy (non-hydrogen) atoms. The molecule has 0 bridgehead atoms. The van der Waals surface area contributed by atoms with Gasteiger partial charge in [0.15, 0.2) is 0 Å². The molecule has 0 radical (unpaired) electrons. The summed E-state index contributed by atoms with van der Waals surface area (Å²) in [6.07, 6.45) is 1.59.